The van der Waals surface area contributed by atoms with E-state index in [2.05, 4.69) is 10.3 Å². The summed E-state index contributed by atoms with van der Waals surface area (Å²) in [5, 5.41) is 3.95. The van der Waals surface area contributed by atoms with Gasteiger partial charge in [0.15, 0.2) is 6.29 Å². The number of rotatable bonds is 7. The molecule has 7 heteroatoms. The highest BCUT2D eigenvalue weighted by Crippen LogP contribution is 2.19. The summed E-state index contributed by atoms with van der Waals surface area (Å²) < 4.78 is 11.6. The average Bonchev–Trinajstić information content (AvgIpc) is 2.67. The van der Waals surface area contributed by atoms with E-state index >= 15 is 0 Å². The molecule has 1 aliphatic heterocycles. The molecule has 1 saturated heterocycles. The molecule has 25 heavy (non-hydrogen) atoms. The molecule has 2 unspecified atom stereocenters. The number of piperazine rings is 1. The SMILES string of the molecule is O=CC(Oc1ccc(Cl)cc1)N1CCNCC1COc1cccnc1. The van der Waals surface area contributed by atoms with Gasteiger partial charge in [-0.1, -0.05) is 11.6 Å². The molecule has 0 spiro atoms. The Morgan fingerprint density at radius 2 is 2.16 bits per heavy atom. The second-order valence-electron chi connectivity index (χ2n) is 5.69. The molecule has 3 rings (SSSR count). The minimum Gasteiger partial charge on any atom is -0.490 e. The summed E-state index contributed by atoms with van der Waals surface area (Å²) in [5.41, 5.74) is 0. The van der Waals surface area contributed by atoms with Gasteiger partial charge in [-0.05, 0) is 36.4 Å². The molecule has 0 saturated carbocycles. The fourth-order valence-corrected chi connectivity index (χ4v) is 2.84. The maximum atomic E-state index is 11.6. The Balaban J connectivity index is 1.65. The van der Waals surface area contributed by atoms with Gasteiger partial charge in [-0.25, -0.2) is 0 Å². The Bertz CT molecular complexity index is 669. The number of benzene rings is 1. The van der Waals surface area contributed by atoms with Crippen molar-refractivity contribution in [2.75, 3.05) is 26.2 Å². The van der Waals surface area contributed by atoms with Gasteiger partial charge in [0.25, 0.3) is 0 Å². The fourth-order valence-electron chi connectivity index (χ4n) is 2.72. The van der Waals surface area contributed by atoms with Crippen molar-refractivity contribution in [3.8, 4) is 11.5 Å². The van der Waals surface area contributed by atoms with Crippen LogP contribution < -0.4 is 14.8 Å². The van der Waals surface area contributed by atoms with Gasteiger partial charge >= 0.3 is 0 Å². The Kier molecular flexibility index (Phi) is 6.22. The molecule has 0 bridgehead atoms. The quantitative estimate of drug-likeness (QED) is 0.761. The third kappa shape index (κ3) is 4.92. The first-order chi connectivity index (χ1) is 12.3. The molecular weight excluding hydrogens is 342 g/mol. The molecule has 6 nitrogen and oxygen atoms in total. The van der Waals surface area contributed by atoms with Crippen LogP contribution in [0.3, 0.4) is 0 Å². The van der Waals surface area contributed by atoms with Crippen LogP contribution in [0.15, 0.2) is 48.8 Å². The molecule has 1 aromatic carbocycles. The molecule has 0 aliphatic carbocycles. The van der Waals surface area contributed by atoms with Crippen LogP contribution >= 0.6 is 11.6 Å². The first-order valence-corrected chi connectivity index (χ1v) is 8.51. The van der Waals surface area contributed by atoms with Gasteiger partial charge in [0, 0.05) is 30.9 Å². The molecule has 0 radical (unpaired) electrons. The van der Waals surface area contributed by atoms with Crippen LogP contribution in [0.25, 0.3) is 0 Å². The Hall–Kier alpha value is -2.15. The molecule has 2 heterocycles. The number of aromatic nitrogens is 1. The molecule has 2 aromatic rings. The van der Waals surface area contributed by atoms with E-state index in [1.54, 1.807) is 36.7 Å². The van der Waals surface area contributed by atoms with Crippen molar-refractivity contribution in [3.63, 3.8) is 0 Å². The van der Waals surface area contributed by atoms with Gasteiger partial charge in [-0.2, -0.15) is 0 Å². The normalized spacial score (nSPS) is 19.2. The summed E-state index contributed by atoms with van der Waals surface area (Å²) in [6.07, 6.45) is 3.51. The lowest BCUT2D eigenvalue weighted by Crippen LogP contribution is -2.59. The van der Waals surface area contributed by atoms with E-state index in [-0.39, 0.29) is 6.04 Å². The van der Waals surface area contributed by atoms with Crippen LogP contribution in [0.4, 0.5) is 0 Å². The number of hydrogen-bond acceptors (Lipinski definition) is 6. The highest BCUT2D eigenvalue weighted by Gasteiger charge is 2.30. The molecule has 1 aromatic heterocycles. The monoisotopic (exact) mass is 361 g/mol. The zero-order valence-corrected chi connectivity index (χ0v) is 14.4. The van der Waals surface area contributed by atoms with Crippen LogP contribution in [-0.4, -0.2) is 54.7 Å². The van der Waals surface area contributed by atoms with Crippen LogP contribution in [0.2, 0.25) is 5.02 Å². The van der Waals surface area contributed by atoms with Crippen molar-refractivity contribution in [3.05, 3.63) is 53.8 Å². The summed E-state index contributed by atoms with van der Waals surface area (Å²) in [6.45, 7) is 2.64. The second-order valence-corrected chi connectivity index (χ2v) is 6.13. The lowest BCUT2D eigenvalue weighted by atomic mass is 10.2. The maximum Gasteiger partial charge on any atom is 0.209 e. The Morgan fingerprint density at radius 1 is 1.32 bits per heavy atom. The predicted octanol–water partition coefficient (Wildman–Crippen LogP) is 1.99. The number of pyridine rings is 1. The molecule has 1 fully saturated rings. The number of hydrogen-bond donors (Lipinski definition) is 1. The second kappa shape index (κ2) is 8.80. The van der Waals surface area contributed by atoms with Crippen molar-refractivity contribution in [1.82, 2.24) is 15.2 Å². The van der Waals surface area contributed by atoms with Crippen molar-refractivity contribution >= 4 is 17.9 Å². The van der Waals surface area contributed by atoms with Crippen molar-refractivity contribution in [2.24, 2.45) is 0 Å². The minimum absolute atomic E-state index is 0.0106. The number of nitrogens with one attached hydrogen (secondary N) is 1. The smallest absolute Gasteiger partial charge is 0.209 e. The van der Waals surface area contributed by atoms with Crippen LogP contribution in [0.1, 0.15) is 0 Å². The molecule has 1 aliphatic rings. The summed E-state index contributed by atoms with van der Waals surface area (Å²) >= 11 is 5.89. The highest BCUT2D eigenvalue weighted by molar-refractivity contribution is 6.30. The number of carbonyl (C=O) groups is 1. The molecular formula is C18H20ClN3O3. The van der Waals surface area contributed by atoms with E-state index in [1.165, 1.54) is 0 Å². The molecule has 0 amide bonds. The van der Waals surface area contributed by atoms with E-state index in [0.29, 0.717) is 36.2 Å². The summed E-state index contributed by atoms with van der Waals surface area (Å²) in [6, 6.07) is 10.7. The number of ether oxygens (including phenoxy) is 2. The first-order valence-electron chi connectivity index (χ1n) is 8.13. The first kappa shape index (κ1) is 17.7. The van der Waals surface area contributed by atoms with Crippen LogP contribution in [0.5, 0.6) is 11.5 Å². The topological polar surface area (TPSA) is 63.7 Å². The van der Waals surface area contributed by atoms with Crippen molar-refractivity contribution in [2.45, 2.75) is 12.3 Å². The summed E-state index contributed by atoms with van der Waals surface area (Å²) in [5.74, 6) is 1.31. The van der Waals surface area contributed by atoms with E-state index in [4.69, 9.17) is 21.1 Å². The molecule has 132 valence electrons. The highest BCUT2D eigenvalue weighted by atomic mass is 35.5. The third-order valence-corrected chi connectivity index (χ3v) is 4.24. The van der Waals surface area contributed by atoms with Gasteiger partial charge in [0.1, 0.15) is 18.1 Å². The summed E-state index contributed by atoms with van der Waals surface area (Å²) in [7, 11) is 0. The van der Waals surface area contributed by atoms with E-state index in [0.717, 1.165) is 12.8 Å². The zero-order chi connectivity index (χ0) is 17.5. The van der Waals surface area contributed by atoms with Crippen LogP contribution in [0, 0.1) is 0 Å². The van der Waals surface area contributed by atoms with E-state index < -0.39 is 6.23 Å². The van der Waals surface area contributed by atoms with Crippen molar-refractivity contribution < 1.29 is 14.3 Å². The maximum absolute atomic E-state index is 11.6. The number of aldehydes is 1. The largest absolute Gasteiger partial charge is 0.490 e. The van der Waals surface area contributed by atoms with Gasteiger partial charge in [0.2, 0.25) is 6.23 Å². The van der Waals surface area contributed by atoms with Crippen molar-refractivity contribution in [1.29, 1.82) is 0 Å². The standard InChI is InChI=1S/C18H20ClN3O3/c19-14-3-5-16(6-4-14)25-18(12-23)22-9-8-21-10-15(22)13-24-17-2-1-7-20-11-17/h1-7,11-12,15,18,21H,8-10,13H2. The Morgan fingerprint density at radius 3 is 2.88 bits per heavy atom. The number of carbonyl (C=O) groups excluding carboxylic acids is 1. The predicted molar refractivity (Wildman–Crippen MR) is 95.0 cm³/mol. The minimum atomic E-state index is -0.675. The van der Waals surface area contributed by atoms with Gasteiger partial charge in [-0.3, -0.25) is 14.7 Å². The van der Waals surface area contributed by atoms with Gasteiger partial charge in [-0.15, -0.1) is 0 Å². The lowest BCUT2D eigenvalue weighted by Gasteiger charge is -2.38. The van der Waals surface area contributed by atoms with Crippen LogP contribution in [-0.2, 0) is 4.79 Å². The summed E-state index contributed by atoms with van der Waals surface area (Å²) in [4.78, 5) is 17.7. The van der Waals surface area contributed by atoms with Gasteiger partial charge in [0.05, 0.1) is 12.2 Å². The fraction of sp³-hybridized carbons (Fsp3) is 0.333. The Labute approximate surface area is 151 Å². The molecule has 2 atom stereocenters. The van der Waals surface area contributed by atoms with Gasteiger partial charge < -0.3 is 14.8 Å². The number of halogens is 1. The average molecular weight is 362 g/mol. The lowest BCUT2D eigenvalue weighted by molar-refractivity contribution is -0.125. The molecule has 1 N–H and O–H groups in total. The van der Waals surface area contributed by atoms with E-state index in [9.17, 15) is 4.79 Å². The zero-order valence-electron chi connectivity index (χ0n) is 13.7. The number of nitrogens with zero attached hydrogens (tertiary/aromatic N) is 2. The third-order valence-electron chi connectivity index (χ3n) is 3.99. The van der Waals surface area contributed by atoms with E-state index in [1.807, 2.05) is 17.0 Å².